The SMILES string of the molecule is CC(Cl)c1nc2cc(Br)c(F)cc2n1C(C)(C)C. The zero-order valence-electron chi connectivity index (χ0n) is 10.8. The summed E-state index contributed by atoms with van der Waals surface area (Å²) in [6.07, 6.45) is 0. The van der Waals surface area contributed by atoms with Crippen molar-refractivity contribution in [3.8, 4) is 0 Å². The lowest BCUT2D eigenvalue weighted by atomic mass is 10.1. The number of nitrogens with zero attached hydrogens (tertiary/aromatic N) is 2. The van der Waals surface area contributed by atoms with Gasteiger partial charge in [0.1, 0.15) is 11.6 Å². The number of rotatable bonds is 1. The monoisotopic (exact) mass is 332 g/mol. The molecule has 1 aromatic carbocycles. The molecule has 1 heterocycles. The second kappa shape index (κ2) is 4.49. The minimum absolute atomic E-state index is 0.201. The van der Waals surface area contributed by atoms with Crippen LogP contribution in [0.15, 0.2) is 16.6 Å². The van der Waals surface area contributed by atoms with Crippen molar-refractivity contribution in [3.05, 3.63) is 28.2 Å². The fraction of sp³-hybridized carbons (Fsp3) is 0.462. The quantitative estimate of drug-likeness (QED) is 0.672. The highest BCUT2D eigenvalue weighted by molar-refractivity contribution is 9.10. The van der Waals surface area contributed by atoms with Gasteiger partial charge in [-0.2, -0.15) is 0 Å². The van der Waals surface area contributed by atoms with E-state index in [1.165, 1.54) is 6.07 Å². The average Bonchev–Trinajstić information content (AvgIpc) is 2.56. The van der Waals surface area contributed by atoms with Gasteiger partial charge in [-0.1, -0.05) is 0 Å². The highest BCUT2D eigenvalue weighted by Crippen LogP contribution is 2.32. The van der Waals surface area contributed by atoms with Crippen LogP contribution in [0.3, 0.4) is 0 Å². The molecule has 2 aromatic rings. The molecule has 18 heavy (non-hydrogen) atoms. The molecule has 0 N–H and O–H groups in total. The molecule has 98 valence electrons. The third-order valence-electron chi connectivity index (χ3n) is 2.75. The lowest BCUT2D eigenvalue weighted by Gasteiger charge is -2.25. The molecule has 0 radical (unpaired) electrons. The first-order valence-corrected chi connectivity index (χ1v) is 6.96. The predicted octanol–water partition coefficient (Wildman–Crippen LogP) is 4.99. The van der Waals surface area contributed by atoms with Crippen molar-refractivity contribution in [2.75, 3.05) is 0 Å². The molecule has 0 aliphatic heterocycles. The summed E-state index contributed by atoms with van der Waals surface area (Å²) in [7, 11) is 0. The van der Waals surface area contributed by atoms with Crippen LogP contribution in [-0.2, 0) is 5.54 Å². The molecule has 0 amide bonds. The van der Waals surface area contributed by atoms with Crippen molar-refractivity contribution in [2.45, 2.75) is 38.6 Å². The number of hydrogen-bond donors (Lipinski definition) is 0. The van der Waals surface area contributed by atoms with Crippen molar-refractivity contribution >= 4 is 38.6 Å². The molecule has 0 saturated carbocycles. The number of imidazole rings is 1. The highest BCUT2D eigenvalue weighted by atomic mass is 79.9. The van der Waals surface area contributed by atoms with Gasteiger partial charge >= 0.3 is 0 Å². The number of halogens is 3. The number of benzene rings is 1. The largest absolute Gasteiger partial charge is 0.321 e. The normalized spacial score (nSPS) is 14.2. The Hall–Kier alpha value is -0.610. The summed E-state index contributed by atoms with van der Waals surface area (Å²) >= 11 is 9.36. The van der Waals surface area contributed by atoms with Gasteiger partial charge in [-0.3, -0.25) is 0 Å². The van der Waals surface area contributed by atoms with Crippen LogP contribution in [-0.4, -0.2) is 9.55 Å². The van der Waals surface area contributed by atoms with Crippen LogP contribution < -0.4 is 0 Å². The van der Waals surface area contributed by atoms with Gasteiger partial charge in [0.25, 0.3) is 0 Å². The maximum Gasteiger partial charge on any atom is 0.139 e. The zero-order chi connectivity index (χ0) is 13.7. The minimum atomic E-state index is -0.290. The first-order valence-electron chi connectivity index (χ1n) is 5.73. The van der Waals surface area contributed by atoms with E-state index in [1.54, 1.807) is 6.07 Å². The van der Waals surface area contributed by atoms with Crippen LogP contribution in [0.1, 0.15) is 38.9 Å². The number of hydrogen-bond acceptors (Lipinski definition) is 1. The van der Waals surface area contributed by atoms with Crippen LogP contribution >= 0.6 is 27.5 Å². The van der Waals surface area contributed by atoms with E-state index in [2.05, 4.69) is 41.7 Å². The topological polar surface area (TPSA) is 17.8 Å². The Bertz CT molecular complexity index is 599. The lowest BCUT2D eigenvalue weighted by molar-refractivity contribution is 0.393. The lowest BCUT2D eigenvalue weighted by Crippen LogP contribution is -2.24. The smallest absolute Gasteiger partial charge is 0.139 e. The van der Waals surface area contributed by atoms with Crippen LogP contribution in [0.5, 0.6) is 0 Å². The van der Waals surface area contributed by atoms with Gasteiger partial charge in [0.2, 0.25) is 0 Å². The fourth-order valence-corrected chi connectivity index (χ4v) is 2.54. The molecule has 2 nitrogen and oxygen atoms in total. The molecule has 1 atom stereocenters. The second-order valence-electron chi connectivity index (χ2n) is 5.35. The van der Waals surface area contributed by atoms with Gasteiger partial charge in [0, 0.05) is 11.6 Å². The molecule has 0 aliphatic rings. The molecular formula is C13H15BrClFN2. The van der Waals surface area contributed by atoms with Crippen molar-refractivity contribution in [2.24, 2.45) is 0 Å². The summed E-state index contributed by atoms with van der Waals surface area (Å²) in [5.74, 6) is 0.471. The van der Waals surface area contributed by atoms with Crippen molar-refractivity contribution in [3.63, 3.8) is 0 Å². The molecule has 0 spiro atoms. The molecule has 1 aromatic heterocycles. The van der Waals surface area contributed by atoms with E-state index in [9.17, 15) is 4.39 Å². The Labute approximate surface area is 119 Å². The summed E-state index contributed by atoms with van der Waals surface area (Å²) < 4.78 is 16.1. The first-order chi connectivity index (χ1) is 8.21. The van der Waals surface area contributed by atoms with E-state index < -0.39 is 0 Å². The highest BCUT2D eigenvalue weighted by Gasteiger charge is 2.24. The summed E-state index contributed by atoms with van der Waals surface area (Å²) in [5, 5.41) is -0.224. The van der Waals surface area contributed by atoms with Crippen molar-refractivity contribution < 1.29 is 4.39 Å². The van der Waals surface area contributed by atoms with Crippen LogP contribution in [0, 0.1) is 5.82 Å². The Morgan fingerprint density at radius 3 is 2.50 bits per heavy atom. The number of alkyl halides is 1. The van der Waals surface area contributed by atoms with E-state index in [0.29, 0.717) is 4.47 Å². The predicted molar refractivity (Wildman–Crippen MR) is 76.7 cm³/mol. The van der Waals surface area contributed by atoms with Crippen LogP contribution in [0.25, 0.3) is 11.0 Å². The Morgan fingerprint density at radius 1 is 1.39 bits per heavy atom. The average molecular weight is 334 g/mol. The van der Waals surface area contributed by atoms with Gasteiger partial charge in [0.05, 0.1) is 20.9 Å². The maximum absolute atomic E-state index is 13.7. The van der Waals surface area contributed by atoms with E-state index in [-0.39, 0.29) is 16.7 Å². The summed E-state index contributed by atoms with van der Waals surface area (Å²) in [6.45, 7) is 8.03. The van der Waals surface area contributed by atoms with Crippen molar-refractivity contribution in [1.82, 2.24) is 9.55 Å². The van der Waals surface area contributed by atoms with Gasteiger partial charge in [-0.15, -0.1) is 11.6 Å². The third kappa shape index (κ3) is 2.28. The van der Waals surface area contributed by atoms with Crippen molar-refractivity contribution in [1.29, 1.82) is 0 Å². The molecule has 0 bridgehead atoms. The molecule has 2 rings (SSSR count). The van der Waals surface area contributed by atoms with E-state index in [1.807, 2.05) is 11.5 Å². The summed E-state index contributed by atoms with van der Waals surface area (Å²) in [6, 6.07) is 3.19. The summed E-state index contributed by atoms with van der Waals surface area (Å²) in [4.78, 5) is 4.51. The van der Waals surface area contributed by atoms with Crippen LogP contribution in [0.4, 0.5) is 4.39 Å². The maximum atomic E-state index is 13.7. The molecular weight excluding hydrogens is 319 g/mol. The molecule has 0 aliphatic carbocycles. The number of fused-ring (bicyclic) bond motifs is 1. The van der Waals surface area contributed by atoms with E-state index in [4.69, 9.17) is 11.6 Å². The first kappa shape index (κ1) is 13.8. The zero-order valence-corrected chi connectivity index (χ0v) is 13.1. The molecule has 5 heteroatoms. The van der Waals surface area contributed by atoms with Gasteiger partial charge in [-0.05, 0) is 49.7 Å². The third-order valence-corrected chi connectivity index (χ3v) is 3.55. The van der Waals surface area contributed by atoms with Gasteiger partial charge in [-0.25, -0.2) is 9.37 Å². The second-order valence-corrected chi connectivity index (χ2v) is 6.86. The Balaban J connectivity index is 2.86. The van der Waals surface area contributed by atoms with E-state index >= 15 is 0 Å². The standard InChI is InChI=1S/C13H15BrClFN2/c1-7(15)12-17-10-5-8(14)9(16)6-11(10)18(12)13(2,3)4/h5-7H,1-4H3. The van der Waals surface area contributed by atoms with Gasteiger partial charge < -0.3 is 4.57 Å². The Kier molecular flexibility index (Phi) is 3.45. The minimum Gasteiger partial charge on any atom is -0.321 e. The summed E-state index contributed by atoms with van der Waals surface area (Å²) in [5.41, 5.74) is 1.32. The van der Waals surface area contributed by atoms with Gasteiger partial charge in [0.15, 0.2) is 0 Å². The molecule has 1 unspecified atom stereocenters. The fourth-order valence-electron chi connectivity index (χ4n) is 2.06. The Morgan fingerprint density at radius 2 is 2.00 bits per heavy atom. The number of aromatic nitrogens is 2. The van der Waals surface area contributed by atoms with E-state index in [0.717, 1.165) is 16.9 Å². The molecule has 0 fully saturated rings. The van der Waals surface area contributed by atoms with Crippen LogP contribution in [0.2, 0.25) is 0 Å². The molecule has 0 saturated heterocycles.